The smallest absolute Gasteiger partial charge is 0.317 e. The largest absolute Gasteiger partial charge is 0.480 e. The van der Waals surface area contributed by atoms with Crippen molar-refractivity contribution in [3.63, 3.8) is 0 Å². The normalized spacial score (nSPS) is 16.9. The summed E-state index contributed by atoms with van der Waals surface area (Å²) in [6, 6.07) is 1.99. The zero-order valence-electron chi connectivity index (χ0n) is 10.2. The molecule has 1 saturated heterocycles. The van der Waals surface area contributed by atoms with Gasteiger partial charge in [0.1, 0.15) is 0 Å². The minimum Gasteiger partial charge on any atom is -0.480 e. The molecule has 0 aromatic carbocycles. The summed E-state index contributed by atoms with van der Waals surface area (Å²) in [5.41, 5.74) is 0. The van der Waals surface area contributed by atoms with Gasteiger partial charge in [0, 0.05) is 26.2 Å². The Balaban J connectivity index is 2.34. The topological polar surface area (TPSA) is 84.6 Å². The predicted molar refractivity (Wildman–Crippen MR) is 68.2 cm³/mol. The molecular formula is C11H17N3O3S. The summed E-state index contributed by atoms with van der Waals surface area (Å²) in [5.74, 6) is -0.149. The van der Waals surface area contributed by atoms with Gasteiger partial charge in [0.05, 0.1) is 24.1 Å². The van der Waals surface area contributed by atoms with Crippen LogP contribution in [-0.4, -0.2) is 71.0 Å². The summed E-state index contributed by atoms with van der Waals surface area (Å²) in [5, 5.41) is 17.1. The van der Waals surface area contributed by atoms with Gasteiger partial charge in [-0.05, 0) is 6.42 Å². The highest BCUT2D eigenvalue weighted by Gasteiger charge is 2.19. The van der Waals surface area contributed by atoms with Gasteiger partial charge < -0.3 is 10.0 Å². The maximum atomic E-state index is 11.8. The molecule has 100 valence electrons. The minimum atomic E-state index is -0.834. The molecule has 0 aliphatic carbocycles. The van der Waals surface area contributed by atoms with Gasteiger partial charge in [0.25, 0.3) is 0 Å². The van der Waals surface area contributed by atoms with Crippen LogP contribution in [0.15, 0.2) is 0 Å². The number of aliphatic carboxylic acids is 1. The first-order chi connectivity index (χ1) is 8.63. The van der Waals surface area contributed by atoms with E-state index in [1.807, 2.05) is 11.0 Å². The Morgan fingerprint density at radius 2 is 2.06 bits per heavy atom. The fourth-order valence-electron chi connectivity index (χ4n) is 1.84. The van der Waals surface area contributed by atoms with Crippen LogP contribution in [0.5, 0.6) is 0 Å². The summed E-state index contributed by atoms with van der Waals surface area (Å²) >= 11 is 1.31. The van der Waals surface area contributed by atoms with Crippen LogP contribution in [0.1, 0.15) is 6.42 Å². The van der Waals surface area contributed by atoms with Crippen LogP contribution in [0, 0.1) is 11.3 Å². The van der Waals surface area contributed by atoms with E-state index in [-0.39, 0.29) is 12.5 Å². The Bertz CT molecular complexity index is 343. The Morgan fingerprint density at radius 1 is 1.28 bits per heavy atom. The molecule has 1 amide bonds. The molecule has 1 rings (SSSR count). The zero-order valence-corrected chi connectivity index (χ0v) is 11.0. The van der Waals surface area contributed by atoms with Gasteiger partial charge in [0.2, 0.25) is 5.91 Å². The van der Waals surface area contributed by atoms with Gasteiger partial charge in [-0.15, -0.1) is 11.8 Å². The quantitative estimate of drug-likeness (QED) is 0.701. The molecule has 1 aliphatic heterocycles. The number of thioether (sulfide) groups is 1. The number of carboxylic acids is 1. The van der Waals surface area contributed by atoms with Crippen LogP contribution in [-0.2, 0) is 9.59 Å². The number of nitrogens with zero attached hydrogens (tertiary/aromatic N) is 3. The fraction of sp³-hybridized carbons (Fsp3) is 0.727. The second-order valence-electron chi connectivity index (χ2n) is 4.06. The fourth-order valence-corrected chi connectivity index (χ4v) is 2.40. The summed E-state index contributed by atoms with van der Waals surface area (Å²) in [6.45, 7) is 2.58. The first kappa shape index (κ1) is 14.8. The number of carbonyl (C=O) groups is 2. The van der Waals surface area contributed by atoms with Gasteiger partial charge >= 0.3 is 5.97 Å². The molecule has 1 aliphatic rings. The van der Waals surface area contributed by atoms with Gasteiger partial charge in [-0.2, -0.15) is 5.26 Å². The Labute approximate surface area is 111 Å². The van der Waals surface area contributed by atoms with Crippen LogP contribution in [0.25, 0.3) is 0 Å². The van der Waals surface area contributed by atoms with E-state index >= 15 is 0 Å². The summed E-state index contributed by atoms with van der Waals surface area (Å²) in [4.78, 5) is 26.0. The monoisotopic (exact) mass is 271 g/mol. The molecule has 0 aromatic heterocycles. The standard InChI is InChI=1S/C11H17N3O3S/c12-2-7-18-9-10(15)14-4-1-3-13(5-6-14)8-11(16)17/h1,3-9H2,(H,16,17). The highest BCUT2D eigenvalue weighted by atomic mass is 32.2. The minimum absolute atomic E-state index is 0.0329. The summed E-state index contributed by atoms with van der Waals surface area (Å²) in [7, 11) is 0. The molecule has 0 unspecified atom stereocenters. The number of carboxylic acid groups (broad SMARTS) is 1. The first-order valence-corrected chi connectivity index (χ1v) is 6.95. The van der Waals surface area contributed by atoms with E-state index in [1.54, 1.807) is 4.90 Å². The number of nitriles is 1. The van der Waals surface area contributed by atoms with E-state index in [4.69, 9.17) is 10.4 Å². The van der Waals surface area contributed by atoms with Gasteiger partial charge in [0.15, 0.2) is 0 Å². The number of amides is 1. The van der Waals surface area contributed by atoms with Crippen molar-refractivity contribution in [1.29, 1.82) is 5.26 Å². The van der Waals surface area contributed by atoms with Crippen molar-refractivity contribution >= 4 is 23.6 Å². The Kier molecular flexibility index (Phi) is 6.54. The third-order valence-electron chi connectivity index (χ3n) is 2.69. The average molecular weight is 271 g/mol. The maximum absolute atomic E-state index is 11.8. The van der Waals surface area contributed by atoms with Gasteiger partial charge in [-0.25, -0.2) is 0 Å². The SMILES string of the molecule is N#CCSCC(=O)N1CCCN(CC(=O)O)CC1. The van der Waals surface area contributed by atoms with Crippen molar-refractivity contribution in [3.8, 4) is 6.07 Å². The van der Waals surface area contributed by atoms with Crippen LogP contribution >= 0.6 is 11.8 Å². The van der Waals surface area contributed by atoms with Crippen molar-refractivity contribution in [2.45, 2.75) is 6.42 Å². The Hall–Kier alpha value is -1.26. The lowest BCUT2D eigenvalue weighted by atomic mass is 10.4. The number of carbonyl (C=O) groups excluding carboxylic acids is 1. The number of rotatable bonds is 5. The molecule has 0 saturated carbocycles. The van der Waals surface area contributed by atoms with Crippen molar-refractivity contribution in [2.24, 2.45) is 0 Å². The molecule has 0 bridgehead atoms. The van der Waals surface area contributed by atoms with E-state index < -0.39 is 5.97 Å². The summed E-state index contributed by atoms with van der Waals surface area (Å²) in [6.07, 6.45) is 0.794. The second-order valence-corrected chi connectivity index (χ2v) is 5.04. The van der Waals surface area contributed by atoms with Crippen LogP contribution in [0.3, 0.4) is 0 Å². The number of hydrogen-bond donors (Lipinski definition) is 1. The lowest BCUT2D eigenvalue weighted by Crippen LogP contribution is -2.37. The van der Waals surface area contributed by atoms with Crippen molar-refractivity contribution < 1.29 is 14.7 Å². The predicted octanol–water partition coefficient (Wildman–Crippen LogP) is -0.138. The first-order valence-electron chi connectivity index (χ1n) is 5.80. The third-order valence-corrected chi connectivity index (χ3v) is 3.48. The van der Waals surface area contributed by atoms with E-state index in [2.05, 4.69) is 0 Å². The van der Waals surface area contributed by atoms with E-state index in [0.717, 1.165) is 6.42 Å². The van der Waals surface area contributed by atoms with Gasteiger partial charge in [-0.3, -0.25) is 14.5 Å². The second kappa shape index (κ2) is 7.95. The lowest BCUT2D eigenvalue weighted by Gasteiger charge is -2.20. The maximum Gasteiger partial charge on any atom is 0.317 e. The van der Waals surface area contributed by atoms with Crippen molar-refractivity contribution in [3.05, 3.63) is 0 Å². The molecule has 0 radical (unpaired) electrons. The highest BCUT2D eigenvalue weighted by molar-refractivity contribution is 8.00. The van der Waals surface area contributed by atoms with Crippen LogP contribution in [0.4, 0.5) is 0 Å². The molecule has 1 N–H and O–H groups in total. The molecule has 0 aromatic rings. The molecule has 7 heteroatoms. The van der Waals surface area contributed by atoms with Crippen LogP contribution < -0.4 is 0 Å². The Morgan fingerprint density at radius 3 is 2.72 bits per heavy atom. The molecule has 0 spiro atoms. The van der Waals surface area contributed by atoms with Gasteiger partial charge in [-0.1, -0.05) is 0 Å². The molecule has 1 heterocycles. The molecule has 6 nitrogen and oxygen atoms in total. The van der Waals surface area contributed by atoms with E-state index in [0.29, 0.717) is 37.7 Å². The average Bonchev–Trinajstić information content (AvgIpc) is 2.54. The van der Waals surface area contributed by atoms with Crippen LogP contribution in [0.2, 0.25) is 0 Å². The lowest BCUT2D eigenvalue weighted by molar-refractivity contribution is -0.138. The summed E-state index contributed by atoms with van der Waals surface area (Å²) < 4.78 is 0. The molecule has 18 heavy (non-hydrogen) atoms. The highest BCUT2D eigenvalue weighted by Crippen LogP contribution is 2.07. The number of hydrogen-bond acceptors (Lipinski definition) is 5. The molecule has 1 fully saturated rings. The zero-order chi connectivity index (χ0) is 13.4. The van der Waals surface area contributed by atoms with E-state index in [9.17, 15) is 9.59 Å². The van der Waals surface area contributed by atoms with E-state index in [1.165, 1.54) is 11.8 Å². The molecule has 0 atom stereocenters. The van der Waals surface area contributed by atoms with Crippen molar-refractivity contribution in [2.75, 3.05) is 44.2 Å². The van der Waals surface area contributed by atoms with Crippen molar-refractivity contribution in [1.82, 2.24) is 9.80 Å². The third kappa shape index (κ3) is 5.38. The molecular weight excluding hydrogens is 254 g/mol.